The molecule has 1 aromatic rings. The molecule has 0 heterocycles. The third-order valence-corrected chi connectivity index (χ3v) is 4.72. The first-order valence-electron chi connectivity index (χ1n) is 6.56. The van der Waals surface area contributed by atoms with Crippen LogP contribution in [-0.4, -0.2) is 33.1 Å². The molecule has 0 bridgehead atoms. The van der Waals surface area contributed by atoms with Crippen molar-refractivity contribution in [1.29, 1.82) is 0 Å². The quantitative estimate of drug-likeness (QED) is 0.848. The predicted octanol–water partition coefficient (Wildman–Crippen LogP) is 1.28. The molecule has 1 aliphatic rings. The number of carbonyl (C=O) groups excluding carboxylic acids is 1. The molecule has 6 nitrogen and oxygen atoms in total. The van der Waals surface area contributed by atoms with Gasteiger partial charge in [-0.3, -0.25) is 4.79 Å². The SMILES string of the molecule is CCOC1CC(NC(=O)c2ccc(Cl)c(S(N)(=O)=O)c2)C1. The van der Waals surface area contributed by atoms with E-state index in [1.807, 2.05) is 6.92 Å². The van der Waals surface area contributed by atoms with Crippen LogP contribution in [0.25, 0.3) is 0 Å². The molecule has 0 radical (unpaired) electrons. The van der Waals surface area contributed by atoms with E-state index in [0.29, 0.717) is 6.61 Å². The van der Waals surface area contributed by atoms with Gasteiger partial charge in [0, 0.05) is 18.2 Å². The third kappa shape index (κ3) is 3.94. The number of hydrogen-bond donors (Lipinski definition) is 2. The Hall–Kier alpha value is -1.15. The van der Waals surface area contributed by atoms with Gasteiger partial charge < -0.3 is 10.1 Å². The van der Waals surface area contributed by atoms with Gasteiger partial charge in [0.15, 0.2) is 0 Å². The lowest BCUT2D eigenvalue weighted by molar-refractivity contribution is -0.00862. The van der Waals surface area contributed by atoms with Gasteiger partial charge in [0.1, 0.15) is 4.90 Å². The number of halogens is 1. The molecule has 116 valence electrons. The number of nitrogens with two attached hydrogens (primary N) is 1. The Kier molecular flexibility index (Phi) is 4.88. The molecule has 2 rings (SSSR count). The van der Waals surface area contributed by atoms with Crippen LogP contribution in [0.1, 0.15) is 30.1 Å². The maximum Gasteiger partial charge on any atom is 0.251 e. The van der Waals surface area contributed by atoms with E-state index in [1.165, 1.54) is 18.2 Å². The lowest BCUT2D eigenvalue weighted by Gasteiger charge is -2.35. The molecule has 0 aliphatic heterocycles. The number of rotatable bonds is 5. The van der Waals surface area contributed by atoms with E-state index in [1.54, 1.807) is 0 Å². The summed E-state index contributed by atoms with van der Waals surface area (Å²) in [7, 11) is -3.96. The minimum absolute atomic E-state index is 0.00546. The fourth-order valence-electron chi connectivity index (χ4n) is 2.19. The van der Waals surface area contributed by atoms with Crippen LogP contribution in [0.3, 0.4) is 0 Å². The first-order chi connectivity index (χ1) is 9.81. The van der Waals surface area contributed by atoms with Crippen molar-refractivity contribution in [3.05, 3.63) is 28.8 Å². The van der Waals surface area contributed by atoms with Crippen molar-refractivity contribution < 1.29 is 17.9 Å². The average molecular weight is 333 g/mol. The van der Waals surface area contributed by atoms with Crippen molar-refractivity contribution in [3.63, 3.8) is 0 Å². The van der Waals surface area contributed by atoms with Crippen LogP contribution < -0.4 is 10.5 Å². The van der Waals surface area contributed by atoms with Gasteiger partial charge in [-0.1, -0.05) is 11.6 Å². The van der Waals surface area contributed by atoms with E-state index in [4.69, 9.17) is 21.5 Å². The van der Waals surface area contributed by atoms with E-state index in [2.05, 4.69) is 5.32 Å². The van der Waals surface area contributed by atoms with Crippen molar-refractivity contribution in [3.8, 4) is 0 Å². The van der Waals surface area contributed by atoms with E-state index < -0.39 is 10.0 Å². The van der Waals surface area contributed by atoms with E-state index in [9.17, 15) is 13.2 Å². The molecule has 0 spiro atoms. The number of primary sulfonamides is 1. The molecular formula is C13H17ClN2O4S. The van der Waals surface area contributed by atoms with Gasteiger partial charge >= 0.3 is 0 Å². The summed E-state index contributed by atoms with van der Waals surface area (Å²) in [5.41, 5.74) is 0.211. The van der Waals surface area contributed by atoms with Crippen molar-refractivity contribution in [1.82, 2.24) is 5.32 Å². The molecule has 0 unspecified atom stereocenters. The summed E-state index contributed by atoms with van der Waals surface area (Å²) in [6.45, 7) is 2.58. The van der Waals surface area contributed by atoms with Crippen molar-refractivity contribution >= 4 is 27.5 Å². The summed E-state index contributed by atoms with van der Waals surface area (Å²) in [5.74, 6) is -0.350. The first-order valence-corrected chi connectivity index (χ1v) is 8.48. The second-order valence-corrected chi connectivity index (χ2v) is 6.85. The van der Waals surface area contributed by atoms with Crippen LogP contribution in [0.4, 0.5) is 0 Å². The second kappa shape index (κ2) is 6.31. The monoisotopic (exact) mass is 332 g/mol. The molecule has 1 aromatic carbocycles. The summed E-state index contributed by atoms with van der Waals surface area (Å²) in [5, 5.41) is 7.87. The smallest absolute Gasteiger partial charge is 0.251 e. The standard InChI is InChI=1S/C13H17ClN2O4S/c1-2-20-10-6-9(7-10)16-13(17)8-3-4-11(14)12(5-8)21(15,18)19/h3-5,9-10H,2,6-7H2,1H3,(H,16,17)(H2,15,18,19). The lowest BCUT2D eigenvalue weighted by atomic mass is 9.89. The Morgan fingerprint density at radius 1 is 1.48 bits per heavy atom. The summed E-state index contributed by atoms with van der Waals surface area (Å²) in [6.07, 6.45) is 1.70. The van der Waals surface area contributed by atoms with Gasteiger partial charge in [-0.05, 0) is 38.0 Å². The molecule has 1 amide bonds. The second-order valence-electron chi connectivity index (χ2n) is 4.91. The Labute approximate surface area is 128 Å². The van der Waals surface area contributed by atoms with E-state index >= 15 is 0 Å². The van der Waals surface area contributed by atoms with Gasteiger partial charge in [-0.25, -0.2) is 13.6 Å². The van der Waals surface area contributed by atoms with Crippen LogP contribution in [0.5, 0.6) is 0 Å². The van der Waals surface area contributed by atoms with Gasteiger partial charge in [0.2, 0.25) is 10.0 Å². The van der Waals surface area contributed by atoms with Crippen LogP contribution in [0.15, 0.2) is 23.1 Å². The zero-order valence-corrected chi connectivity index (χ0v) is 13.1. The van der Waals surface area contributed by atoms with Crippen LogP contribution in [-0.2, 0) is 14.8 Å². The molecule has 21 heavy (non-hydrogen) atoms. The molecule has 1 saturated carbocycles. The van der Waals surface area contributed by atoms with Crippen LogP contribution in [0, 0.1) is 0 Å². The summed E-state index contributed by atoms with van der Waals surface area (Å²) < 4.78 is 28.2. The number of carbonyl (C=O) groups is 1. The van der Waals surface area contributed by atoms with Crippen molar-refractivity contribution in [2.24, 2.45) is 5.14 Å². The van der Waals surface area contributed by atoms with Gasteiger partial charge in [-0.2, -0.15) is 0 Å². The topological polar surface area (TPSA) is 98.5 Å². The number of hydrogen-bond acceptors (Lipinski definition) is 4. The van der Waals surface area contributed by atoms with Gasteiger partial charge in [0.25, 0.3) is 5.91 Å². The lowest BCUT2D eigenvalue weighted by Crippen LogP contribution is -2.47. The number of sulfonamides is 1. The first kappa shape index (κ1) is 16.2. The highest BCUT2D eigenvalue weighted by Crippen LogP contribution is 2.25. The fourth-order valence-corrected chi connectivity index (χ4v) is 3.26. The molecule has 3 N–H and O–H groups in total. The summed E-state index contributed by atoms with van der Waals surface area (Å²) in [4.78, 5) is 11.8. The van der Waals surface area contributed by atoms with Gasteiger partial charge in [0.05, 0.1) is 11.1 Å². The Morgan fingerprint density at radius 2 is 2.14 bits per heavy atom. The molecular weight excluding hydrogens is 316 g/mol. The summed E-state index contributed by atoms with van der Waals surface area (Å²) in [6, 6.07) is 4.04. The van der Waals surface area contributed by atoms with Crippen LogP contribution in [0.2, 0.25) is 5.02 Å². The molecule has 0 atom stereocenters. The highest BCUT2D eigenvalue weighted by Gasteiger charge is 2.31. The third-order valence-electron chi connectivity index (χ3n) is 3.33. The number of benzene rings is 1. The van der Waals surface area contributed by atoms with Crippen molar-refractivity contribution in [2.75, 3.05) is 6.61 Å². The maximum absolute atomic E-state index is 12.1. The summed E-state index contributed by atoms with van der Waals surface area (Å²) >= 11 is 5.78. The minimum Gasteiger partial charge on any atom is -0.378 e. The molecule has 0 saturated heterocycles. The van der Waals surface area contributed by atoms with Crippen LogP contribution >= 0.6 is 11.6 Å². The molecule has 1 aliphatic carbocycles. The van der Waals surface area contributed by atoms with Gasteiger partial charge in [-0.15, -0.1) is 0 Å². The Bertz CT molecular complexity index is 642. The predicted molar refractivity (Wildman–Crippen MR) is 78.7 cm³/mol. The maximum atomic E-state index is 12.1. The zero-order valence-electron chi connectivity index (χ0n) is 11.5. The number of nitrogens with one attached hydrogen (secondary N) is 1. The fraction of sp³-hybridized carbons (Fsp3) is 0.462. The van der Waals surface area contributed by atoms with E-state index in [-0.39, 0.29) is 33.5 Å². The number of ether oxygens (including phenoxy) is 1. The highest BCUT2D eigenvalue weighted by molar-refractivity contribution is 7.89. The van der Waals surface area contributed by atoms with Crippen molar-refractivity contribution in [2.45, 2.75) is 36.8 Å². The number of amides is 1. The molecule has 1 fully saturated rings. The minimum atomic E-state index is -3.96. The normalized spacial score (nSPS) is 21.7. The highest BCUT2D eigenvalue weighted by atomic mass is 35.5. The molecule has 8 heteroatoms. The Morgan fingerprint density at radius 3 is 2.71 bits per heavy atom. The zero-order chi connectivity index (χ0) is 15.6. The average Bonchev–Trinajstić information content (AvgIpc) is 2.35. The van der Waals surface area contributed by atoms with E-state index in [0.717, 1.165) is 12.8 Å². The largest absolute Gasteiger partial charge is 0.378 e. The molecule has 0 aromatic heterocycles. The Balaban J connectivity index is 2.04.